The Balaban J connectivity index is 1.82. The minimum Gasteiger partial charge on any atom is -0.316 e. The molecule has 8 nitrogen and oxygen atoms in total. The molecule has 2 aromatic rings. The van der Waals surface area contributed by atoms with Crippen molar-refractivity contribution in [2.75, 3.05) is 32.5 Å². The van der Waals surface area contributed by atoms with Crippen LogP contribution < -0.4 is 5.32 Å². The Morgan fingerprint density at radius 1 is 1.31 bits per heavy atom. The van der Waals surface area contributed by atoms with E-state index in [4.69, 9.17) is 0 Å². The van der Waals surface area contributed by atoms with E-state index in [0.29, 0.717) is 24.7 Å². The van der Waals surface area contributed by atoms with E-state index >= 15 is 0 Å². The first-order valence-electron chi connectivity index (χ1n) is 8.48. The number of rotatable bonds is 5. The summed E-state index contributed by atoms with van der Waals surface area (Å²) in [5.41, 5.74) is 0.846. The van der Waals surface area contributed by atoms with Crippen LogP contribution in [0.1, 0.15) is 35.2 Å². The maximum absolute atomic E-state index is 12.4. The van der Waals surface area contributed by atoms with Crippen molar-refractivity contribution in [2.45, 2.75) is 32.6 Å². The van der Waals surface area contributed by atoms with Crippen LogP contribution >= 0.6 is 11.3 Å². The molecule has 1 atom stereocenters. The van der Waals surface area contributed by atoms with E-state index in [1.54, 1.807) is 25.4 Å². The smallest absolute Gasteiger partial charge is 0.281 e. The predicted molar refractivity (Wildman–Crippen MR) is 103 cm³/mol. The van der Waals surface area contributed by atoms with E-state index in [1.165, 1.54) is 8.61 Å². The van der Waals surface area contributed by atoms with Crippen molar-refractivity contribution in [3.63, 3.8) is 0 Å². The summed E-state index contributed by atoms with van der Waals surface area (Å²) in [7, 11) is -0.308. The number of anilines is 2. The highest BCUT2D eigenvalue weighted by molar-refractivity contribution is 7.86. The second-order valence-corrected chi connectivity index (χ2v) is 10.0. The van der Waals surface area contributed by atoms with Gasteiger partial charge in [0.15, 0.2) is 5.13 Å². The number of aryl methyl sites for hydroxylation is 2. The van der Waals surface area contributed by atoms with E-state index in [-0.39, 0.29) is 5.92 Å². The molecule has 1 aliphatic rings. The number of aromatic nitrogens is 3. The molecule has 1 saturated heterocycles. The molecule has 0 unspecified atom stereocenters. The second kappa shape index (κ2) is 7.55. The van der Waals surface area contributed by atoms with Crippen molar-refractivity contribution >= 4 is 32.5 Å². The van der Waals surface area contributed by atoms with Gasteiger partial charge in [-0.2, -0.15) is 17.0 Å². The molecular formula is C16H24N6O2S2. The van der Waals surface area contributed by atoms with Gasteiger partial charge in [0.25, 0.3) is 10.2 Å². The molecule has 3 heterocycles. The van der Waals surface area contributed by atoms with E-state index in [1.807, 2.05) is 26.1 Å². The van der Waals surface area contributed by atoms with Crippen LogP contribution in [0.3, 0.4) is 0 Å². The summed E-state index contributed by atoms with van der Waals surface area (Å²) in [6.45, 7) is 4.86. The van der Waals surface area contributed by atoms with Gasteiger partial charge in [-0.15, -0.1) is 11.3 Å². The fraction of sp³-hybridized carbons (Fsp3) is 0.562. The van der Waals surface area contributed by atoms with Gasteiger partial charge in [0.2, 0.25) is 0 Å². The highest BCUT2D eigenvalue weighted by atomic mass is 32.2. The van der Waals surface area contributed by atoms with Gasteiger partial charge in [-0.25, -0.2) is 15.0 Å². The van der Waals surface area contributed by atoms with Crippen molar-refractivity contribution < 1.29 is 8.42 Å². The molecule has 26 heavy (non-hydrogen) atoms. The van der Waals surface area contributed by atoms with Crippen LogP contribution in [0.2, 0.25) is 0 Å². The van der Waals surface area contributed by atoms with Gasteiger partial charge in [-0.05, 0) is 26.7 Å². The monoisotopic (exact) mass is 396 g/mol. The first kappa shape index (κ1) is 19.2. The Morgan fingerprint density at radius 2 is 2.08 bits per heavy atom. The Morgan fingerprint density at radius 3 is 2.73 bits per heavy atom. The van der Waals surface area contributed by atoms with Crippen LogP contribution in [0.25, 0.3) is 0 Å². The molecule has 0 aromatic carbocycles. The van der Waals surface area contributed by atoms with Crippen molar-refractivity contribution in [3.8, 4) is 0 Å². The van der Waals surface area contributed by atoms with Crippen LogP contribution in [0.5, 0.6) is 0 Å². The van der Waals surface area contributed by atoms with Crippen LogP contribution in [0.15, 0.2) is 12.3 Å². The zero-order valence-corrected chi connectivity index (χ0v) is 17.1. The summed E-state index contributed by atoms with van der Waals surface area (Å²) in [6, 6.07) is 1.87. The quantitative estimate of drug-likeness (QED) is 0.834. The largest absolute Gasteiger partial charge is 0.316 e. The lowest BCUT2D eigenvalue weighted by molar-refractivity contribution is 0.293. The molecule has 2 aromatic heterocycles. The molecule has 1 N–H and O–H groups in total. The number of nitrogens with one attached hydrogen (secondary N) is 1. The molecule has 10 heteroatoms. The highest BCUT2D eigenvalue weighted by Crippen LogP contribution is 2.28. The summed E-state index contributed by atoms with van der Waals surface area (Å²) in [4.78, 5) is 14.6. The lowest BCUT2D eigenvalue weighted by atomic mass is 9.99. The van der Waals surface area contributed by atoms with E-state index in [9.17, 15) is 8.42 Å². The summed E-state index contributed by atoms with van der Waals surface area (Å²) in [5.74, 6) is 1.35. The third-order valence-electron chi connectivity index (χ3n) is 4.26. The van der Waals surface area contributed by atoms with Gasteiger partial charge in [0.05, 0.1) is 0 Å². The second-order valence-electron chi connectivity index (χ2n) is 6.64. The third kappa shape index (κ3) is 4.20. The fourth-order valence-electron chi connectivity index (χ4n) is 2.95. The van der Waals surface area contributed by atoms with Crippen LogP contribution in [0.4, 0.5) is 10.9 Å². The van der Waals surface area contributed by atoms with Crippen LogP contribution in [-0.4, -0.2) is 59.2 Å². The van der Waals surface area contributed by atoms with Gasteiger partial charge in [-0.1, -0.05) is 0 Å². The molecule has 1 fully saturated rings. The molecular weight excluding hydrogens is 372 g/mol. The number of thiazole rings is 1. The van der Waals surface area contributed by atoms with E-state index in [0.717, 1.165) is 28.5 Å². The fourth-order valence-corrected chi connectivity index (χ4v) is 4.82. The lowest BCUT2D eigenvalue weighted by Gasteiger charge is -2.32. The Bertz CT molecular complexity index is 881. The van der Waals surface area contributed by atoms with Gasteiger partial charge < -0.3 is 5.32 Å². The number of hydrogen-bond acceptors (Lipinski definition) is 7. The average molecular weight is 397 g/mol. The predicted octanol–water partition coefficient (Wildman–Crippen LogP) is 2.28. The first-order valence-corrected chi connectivity index (χ1v) is 10.7. The van der Waals surface area contributed by atoms with E-state index in [2.05, 4.69) is 20.3 Å². The van der Waals surface area contributed by atoms with Gasteiger partial charge in [0.1, 0.15) is 11.6 Å². The van der Waals surface area contributed by atoms with Crippen molar-refractivity contribution in [2.24, 2.45) is 0 Å². The number of nitrogens with zero attached hydrogens (tertiary/aromatic N) is 5. The molecule has 0 aliphatic carbocycles. The van der Waals surface area contributed by atoms with Crippen molar-refractivity contribution in [3.05, 3.63) is 28.7 Å². The van der Waals surface area contributed by atoms with Crippen molar-refractivity contribution in [1.82, 2.24) is 23.6 Å². The lowest BCUT2D eigenvalue weighted by Crippen LogP contribution is -2.45. The maximum Gasteiger partial charge on any atom is 0.281 e. The maximum atomic E-state index is 12.4. The van der Waals surface area contributed by atoms with Gasteiger partial charge >= 0.3 is 0 Å². The summed E-state index contributed by atoms with van der Waals surface area (Å²) < 4.78 is 27.6. The molecule has 0 radical (unpaired) electrons. The standard InChI is InChI=1S/C16H24N6O2S2/c1-11-8-14(20-16-17-9-12(2)25-16)19-15(18-11)13-6-5-7-22(10-13)26(23,24)21(3)4/h8-9,13H,5-7,10H2,1-4H3,(H,17,18,19,20)/t13-/m0/s1. The van der Waals surface area contributed by atoms with Gasteiger partial charge in [0, 0.05) is 55.9 Å². The Labute approximate surface area is 158 Å². The first-order chi connectivity index (χ1) is 12.3. The minimum absolute atomic E-state index is 0.0167. The van der Waals surface area contributed by atoms with Crippen LogP contribution in [-0.2, 0) is 10.2 Å². The Hall–Kier alpha value is -1.62. The van der Waals surface area contributed by atoms with E-state index < -0.39 is 10.2 Å². The van der Waals surface area contributed by atoms with Gasteiger partial charge in [-0.3, -0.25) is 0 Å². The molecule has 0 saturated carbocycles. The minimum atomic E-state index is -3.42. The zero-order valence-electron chi connectivity index (χ0n) is 15.4. The highest BCUT2D eigenvalue weighted by Gasteiger charge is 2.32. The number of piperidine rings is 1. The topological polar surface area (TPSA) is 91.3 Å². The molecule has 3 rings (SSSR count). The van der Waals surface area contributed by atoms with Crippen molar-refractivity contribution in [1.29, 1.82) is 0 Å². The summed E-state index contributed by atoms with van der Waals surface area (Å²) >= 11 is 1.56. The molecule has 0 spiro atoms. The third-order valence-corrected chi connectivity index (χ3v) is 7.00. The summed E-state index contributed by atoms with van der Waals surface area (Å²) in [6.07, 6.45) is 3.48. The summed E-state index contributed by atoms with van der Waals surface area (Å²) in [5, 5.41) is 4.01. The molecule has 0 amide bonds. The molecule has 0 bridgehead atoms. The molecule has 1 aliphatic heterocycles. The number of hydrogen-bond donors (Lipinski definition) is 1. The zero-order chi connectivity index (χ0) is 18.9. The SMILES string of the molecule is Cc1cc(Nc2ncc(C)s2)nc([C@H]2CCCN(S(=O)(=O)N(C)C)C2)n1. The van der Waals surface area contributed by atoms with Crippen LogP contribution in [0, 0.1) is 13.8 Å². The molecule has 142 valence electrons. The Kier molecular flexibility index (Phi) is 5.56. The normalized spacial score (nSPS) is 19.0. The average Bonchev–Trinajstić information content (AvgIpc) is 2.99.